The summed E-state index contributed by atoms with van der Waals surface area (Å²) in [6.45, 7) is 3.93. The van der Waals surface area contributed by atoms with Crippen LogP contribution in [0.3, 0.4) is 0 Å². The van der Waals surface area contributed by atoms with Crippen molar-refractivity contribution in [2.24, 2.45) is 0 Å². The molecule has 0 radical (unpaired) electrons. The van der Waals surface area contributed by atoms with Gasteiger partial charge in [-0.15, -0.1) is 0 Å². The Morgan fingerprint density at radius 3 is 2.68 bits per heavy atom. The first-order valence-corrected chi connectivity index (χ1v) is 9.26. The molecule has 1 saturated carbocycles. The zero-order chi connectivity index (χ0) is 15.9. The zero-order valence-electron chi connectivity index (χ0n) is 13.2. The number of urea groups is 1. The van der Waals surface area contributed by atoms with Crippen LogP contribution in [0.25, 0.3) is 0 Å². The summed E-state index contributed by atoms with van der Waals surface area (Å²) in [6.07, 6.45) is 7.73. The third-order valence-corrected chi connectivity index (χ3v) is 5.64. The summed E-state index contributed by atoms with van der Waals surface area (Å²) in [6, 6.07) is -0.161. The molecule has 3 unspecified atom stereocenters. The van der Waals surface area contributed by atoms with Crippen molar-refractivity contribution in [3.63, 3.8) is 0 Å². The zero-order valence-corrected chi connectivity index (χ0v) is 14.0. The summed E-state index contributed by atoms with van der Waals surface area (Å²) in [5.74, 6) is 1.44. The van der Waals surface area contributed by atoms with Crippen LogP contribution >= 0.6 is 0 Å². The molecular weight excluding hydrogens is 300 g/mol. The molecule has 2 amide bonds. The largest absolute Gasteiger partial charge is 0.335 e. The van der Waals surface area contributed by atoms with E-state index in [1.54, 1.807) is 12.4 Å². The fourth-order valence-electron chi connectivity index (χ4n) is 2.71. The first-order chi connectivity index (χ1) is 10.6. The summed E-state index contributed by atoms with van der Waals surface area (Å²) >= 11 is 0. The minimum absolute atomic E-state index is 0.0880. The highest BCUT2D eigenvalue weighted by atomic mass is 32.2. The number of aromatic nitrogens is 2. The van der Waals surface area contributed by atoms with E-state index in [4.69, 9.17) is 0 Å². The molecule has 22 heavy (non-hydrogen) atoms. The Hall–Kier alpha value is -1.50. The molecule has 1 aliphatic carbocycles. The predicted octanol–water partition coefficient (Wildman–Crippen LogP) is 2.24. The maximum atomic E-state index is 12.0. The number of rotatable bonds is 5. The van der Waals surface area contributed by atoms with Gasteiger partial charge in [0.1, 0.15) is 5.82 Å². The molecule has 2 rings (SSSR count). The molecule has 1 heterocycles. The summed E-state index contributed by atoms with van der Waals surface area (Å²) in [4.78, 5) is 20.3. The Morgan fingerprint density at radius 1 is 1.32 bits per heavy atom. The predicted molar refractivity (Wildman–Crippen MR) is 88.3 cm³/mol. The lowest BCUT2D eigenvalue weighted by Crippen LogP contribution is -2.43. The van der Waals surface area contributed by atoms with Gasteiger partial charge in [0.2, 0.25) is 0 Å². The molecule has 1 aromatic heterocycles. The molecule has 0 spiro atoms. The van der Waals surface area contributed by atoms with E-state index in [1.165, 1.54) is 0 Å². The lowest BCUT2D eigenvalue weighted by molar-refractivity contribution is 0.244. The Morgan fingerprint density at radius 2 is 2.05 bits per heavy atom. The summed E-state index contributed by atoms with van der Waals surface area (Å²) in [5, 5.41) is 5.92. The van der Waals surface area contributed by atoms with Crippen LogP contribution in [0.2, 0.25) is 0 Å². The van der Waals surface area contributed by atoms with Crippen molar-refractivity contribution in [3.8, 4) is 0 Å². The van der Waals surface area contributed by atoms with E-state index in [2.05, 4.69) is 20.6 Å². The quantitative estimate of drug-likeness (QED) is 0.870. The van der Waals surface area contributed by atoms with E-state index < -0.39 is 10.8 Å². The van der Waals surface area contributed by atoms with Gasteiger partial charge in [-0.25, -0.2) is 14.8 Å². The molecule has 6 nitrogen and oxygen atoms in total. The summed E-state index contributed by atoms with van der Waals surface area (Å²) in [7, 11) is -0.782. The molecule has 0 aromatic carbocycles. The monoisotopic (exact) mass is 324 g/mol. The van der Waals surface area contributed by atoms with Crippen LogP contribution in [0.4, 0.5) is 10.5 Å². The van der Waals surface area contributed by atoms with E-state index >= 15 is 0 Å². The van der Waals surface area contributed by atoms with Crippen LogP contribution in [-0.4, -0.2) is 37.3 Å². The number of hydrogen-bond acceptors (Lipinski definition) is 4. The second-order valence-electron chi connectivity index (χ2n) is 5.49. The van der Waals surface area contributed by atoms with Crippen molar-refractivity contribution in [1.82, 2.24) is 15.3 Å². The van der Waals surface area contributed by atoms with Crippen LogP contribution in [0.5, 0.6) is 0 Å². The molecule has 122 valence electrons. The van der Waals surface area contributed by atoms with Crippen molar-refractivity contribution in [1.29, 1.82) is 0 Å². The number of hydrogen-bond donors (Lipinski definition) is 2. The van der Waals surface area contributed by atoms with Crippen LogP contribution in [0.1, 0.15) is 45.4 Å². The van der Waals surface area contributed by atoms with Crippen molar-refractivity contribution in [3.05, 3.63) is 18.2 Å². The van der Waals surface area contributed by atoms with Gasteiger partial charge in [0.05, 0.1) is 18.1 Å². The van der Waals surface area contributed by atoms with Gasteiger partial charge >= 0.3 is 6.03 Å². The molecular formula is C15H24N4O2S. The van der Waals surface area contributed by atoms with Gasteiger partial charge in [-0.05, 0) is 19.3 Å². The minimum atomic E-state index is -0.782. The lowest BCUT2D eigenvalue weighted by Gasteiger charge is -2.29. The molecule has 1 fully saturated rings. The maximum Gasteiger partial charge on any atom is 0.319 e. The van der Waals surface area contributed by atoms with E-state index in [-0.39, 0.29) is 17.3 Å². The van der Waals surface area contributed by atoms with Crippen molar-refractivity contribution in [2.45, 2.75) is 57.2 Å². The highest BCUT2D eigenvalue weighted by Crippen LogP contribution is 2.23. The van der Waals surface area contributed by atoms with Crippen LogP contribution in [-0.2, 0) is 17.2 Å². The Balaban J connectivity index is 1.84. The van der Waals surface area contributed by atoms with Gasteiger partial charge in [0.25, 0.3) is 0 Å². The average molecular weight is 324 g/mol. The molecule has 0 saturated heterocycles. The second-order valence-corrected chi connectivity index (χ2v) is 7.50. The maximum absolute atomic E-state index is 12.0. The molecule has 7 heteroatoms. The normalized spacial score (nSPS) is 22.8. The van der Waals surface area contributed by atoms with Crippen molar-refractivity contribution >= 4 is 22.5 Å². The third kappa shape index (κ3) is 4.76. The van der Waals surface area contributed by atoms with E-state index in [0.29, 0.717) is 11.4 Å². The molecule has 3 atom stereocenters. The van der Waals surface area contributed by atoms with Crippen LogP contribution < -0.4 is 10.6 Å². The number of nitrogens with one attached hydrogen (secondary N) is 2. The smallest absolute Gasteiger partial charge is 0.319 e. The van der Waals surface area contributed by atoms with Crippen LogP contribution in [0, 0.1) is 0 Å². The van der Waals surface area contributed by atoms with Crippen molar-refractivity contribution in [2.75, 3.05) is 11.1 Å². The van der Waals surface area contributed by atoms with Gasteiger partial charge in [-0.3, -0.25) is 4.21 Å². The SMILES string of the molecule is CCc1ncc(NC(=O)NC2CCCC(S(=O)CC)C2)cn1. The second kappa shape index (κ2) is 8.22. The Bertz CT molecular complexity index is 521. The standard InChI is InChI=1S/C15H24N4O2S/c1-3-14-16-9-12(10-17-14)19-15(20)18-11-6-5-7-13(8-11)22(21)4-2/h9-11,13H,3-8H2,1-2H3,(H2,18,19,20). The molecule has 0 aliphatic heterocycles. The Labute approximate surface area is 134 Å². The van der Waals surface area contributed by atoms with Crippen molar-refractivity contribution < 1.29 is 9.00 Å². The summed E-state index contributed by atoms with van der Waals surface area (Å²) in [5.41, 5.74) is 0.583. The number of amides is 2. The first-order valence-electron chi connectivity index (χ1n) is 7.88. The van der Waals surface area contributed by atoms with Gasteiger partial charge in [-0.1, -0.05) is 20.3 Å². The number of carbonyl (C=O) groups excluding carboxylic acids is 1. The highest BCUT2D eigenvalue weighted by Gasteiger charge is 2.26. The number of carbonyl (C=O) groups is 1. The topological polar surface area (TPSA) is 84.0 Å². The molecule has 1 aromatic rings. The molecule has 0 bridgehead atoms. The Kier molecular flexibility index (Phi) is 6.30. The van der Waals surface area contributed by atoms with E-state index in [1.807, 2.05) is 13.8 Å². The number of aryl methyl sites for hydroxylation is 1. The van der Waals surface area contributed by atoms with E-state index in [0.717, 1.165) is 37.9 Å². The van der Waals surface area contributed by atoms with Gasteiger partial charge in [0.15, 0.2) is 0 Å². The number of anilines is 1. The molecule has 2 N–H and O–H groups in total. The fourth-order valence-corrected chi connectivity index (χ4v) is 4.05. The minimum Gasteiger partial charge on any atom is -0.335 e. The first kappa shape index (κ1) is 16.9. The van der Waals surface area contributed by atoms with Gasteiger partial charge in [0, 0.05) is 34.3 Å². The van der Waals surface area contributed by atoms with E-state index in [9.17, 15) is 9.00 Å². The lowest BCUT2D eigenvalue weighted by atomic mass is 9.95. The summed E-state index contributed by atoms with van der Waals surface area (Å²) < 4.78 is 11.9. The van der Waals surface area contributed by atoms with Crippen LogP contribution in [0.15, 0.2) is 12.4 Å². The average Bonchev–Trinajstić information content (AvgIpc) is 2.55. The molecule has 1 aliphatic rings. The third-order valence-electron chi connectivity index (χ3n) is 3.90. The van der Waals surface area contributed by atoms with Gasteiger partial charge in [-0.2, -0.15) is 0 Å². The number of nitrogens with zero attached hydrogens (tertiary/aromatic N) is 2. The highest BCUT2D eigenvalue weighted by molar-refractivity contribution is 7.85. The van der Waals surface area contributed by atoms with Gasteiger partial charge < -0.3 is 10.6 Å². The fraction of sp³-hybridized carbons (Fsp3) is 0.667.